The zero-order valence-electron chi connectivity index (χ0n) is 9.53. The van der Waals surface area contributed by atoms with Crippen LogP contribution in [0.4, 0.5) is 0 Å². The monoisotopic (exact) mass is 226 g/mol. The maximum absolute atomic E-state index is 11.3. The second-order valence-electron chi connectivity index (χ2n) is 4.15. The number of hydrogen-bond donors (Lipinski definition) is 2. The smallest absolute Gasteiger partial charge is 0.170 e. The summed E-state index contributed by atoms with van der Waals surface area (Å²) in [4.78, 5) is 22.6. The molecule has 1 saturated carbocycles. The first kappa shape index (κ1) is 12.9. The minimum atomic E-state index is -0.473. The molecule has 1 fully saturated rings. The summed E-state index contributed by atoms with van der Waals surface area (Å²) in [6.45, 7) is 1.96. The largest absolute Gasteiger partial charge is 0.511 e. The van der Waals surface area contributed by atoms with Gasteiger partial charge in [0, 0.05) is 19.3 Å². The van der Waals surface area contributed by atoms with E-state index in [2.05, 4.69) is 0 Å². The Morgan fingerprint density at radius 1 is 1.25 bits per heavy atom. The van der Waals surface area contributed by atoms with E-state index < -0.39 is 6.10 Å². The zero-order valence-corrected chi connectivity index (χ0v) is 9.53. The van der Waals surface area contributed by atoms with Gasteiger partial charge in [0.15, 0.2) is 11.6 Å². The minimum absolute atomic E-state index is 0.0382. The molecule has 0 spiro atoms. The summed E-state index contributed by atoms with van der Waals surface area (Å²) in [6, 6.07) is 0. The van der Waals surface area contributed by atoms with Crippen molar-refractivity contribution in [3.8, 4) is 0 Å². The SMILES string of the molecule is CCCC(O)CCC(O)=C1C(=O)CCC1=O. The predicted molar refractivity (Wildman–Crippen MR) is 59.1 cm³/mol. The Kier molecular flexibility index (Phi) is 4.68. The lowest BCUT2D eigenvalue weighted by Gasteiger charge is -2.09. The lowest BCUT2D eigenvalue weighted by Crippen LogP contribution is -2.09. The van der Waals surface area contributed by atoms with Crippen LogP contribution in [0, 0.1) is 0 Å². The molecule has 16 heavy (non-hydrogen) atoms. The summed E-state index contributed by atoms with van der Waals surface area (Å²) >= 11 is 0. The van der Waals surface area contributed by atoms with Gasteiger partial charge in [-0.1, -0.05) is 13.3 Å². The van der Waals surface area contributed by atoms with Crippen molar-refractivity contribution >= 4 is 11.6 Å². The van der Waals surface area contributed by atoms with Gasteiger partial charge in [-0.2, -0.15) is 0 Å². The normalized spacial score (nSPS) is 18.0. The van der Waals surface area contributed by atoms with Crippen LogP contribution in [0.3, 0.4) is 0 Å². The number of carbonyl (C=O) groups excluding carboxylic acids is 2. The van der Waals surface area contributed by atoms with E-state index >= 15 is 0 Å². The van der Waals surface area contributed by atoms with E-state index in [0.717, 1.165) is 6.42 Å². The average Bonchev–Trinajstić information content (AvgIpc) is 2.56. The molecule has 0 radical (unpaired) electrons. The molecule has 1 aliphatic carbocycles. The first-order chi connectivity index (χ1) is 7.56. The van der Waals surface area contributed by atoms with Gasteiger partial charge < -0.3 is 10.2 Å². The maximum Gasteiger partial charge on any atom is 0.170 e. The first-order valence-corrected chi connectivity index (χ1v) is 5.72. The molecular weight excluding hydrogens is 208 g/mol. The van der Waals surface area contributed by atoms with E-state index in [1.165, 1.54) is 0 Å². The molecular formula is C12H18O4. The summed E-state index contributed by atoms with van der Waals surface area (Å²) < 4.78 is 0. The Morgan fingerprint density at radius 3 is 2.31 bits per heavy atom. The number of allylic oxidation sites excluding steroid dienone is 2. The van der Waals surface area contributed by atoms with Crippen molar-refractivity contribution in [1.29, 1.82) is 0 Å². The molecule has 4 nitrogen and oxygen atoms in total. The molecule has 1 rings (SSSR count). The van der Waals surface area contributed by atoms with Crippen LogP contribution in [0.25, 0.3) is 0 Å². The van der Waals surface area contributed by atoms with E-state index in [-0.39, 0.29) is 42.2 Å². The topological polar surface area (TPSA) is 74.6 Å². The number of hydrogen-bond acceptors (Lipinski definition) is 4. The van der Waals surface area contributed by atoms with Crippen LogP contribution in [-0.4, -0.2) is 27.9 Å². The van der Waals surface area contributed by atoms with Crippen molar-refractivity contribution in [2.45, 2.75) is 51.6 Å². The molecule has 1 aliphatic rings. The van der Waals surface area contributed by atoms with Gasteiger partial charge in [0.25, 0.3) is 0 Å². The average molecular weight is 226 g/mol. The fourth-order valence-corrected chi connectivity index (χ4v) is 1.86. The summed E-state index contributed by atoms with van der Waals surface area (Å²) in [7, 11) is 0. The van der Waals surface area contributed by atoms with Crippen molar-refractivity contribution in [2.75, 3.05) is 0 Å². The van der Waals surface area contributed by atoms with E-state index in [1.54, 1.807) is 0 Å². The Hall–Kier alpha value is -1.16. The van der Waals surface area contributed by atoms with Crippen LogP contribution in [0.15, 0.2) is 11.3 Å². The van der Waals surface area contributed by atoms with Crippen LogP contribution in [0.5, 0.6) is 0 Å². The highest BCUT2D eigenvalue weighted by molar-refractivity contribution is 6.25. The maximum atomic E-state index is 11.3. The van der Waals surface area contributed by atoms with Crippen molar-refractivity contribution in [3.63, 3.8) is 0 Å². The predicted octanol–water partition coefficient (Wildman–Crippen LogP) is 1.67. The lowest BCUT2D eigenvalue weighted by atomic mass is 10.0. The van der Waals surface area contributed by atoms with Gasteiger partial charge in [-0.15, -0.1) is 0 Å². The Balaban J connectivity index is 2.56. The molecule has 0 aromatic rings. The van der Waals surface area contributed by atoms with Gasteiger partial charge >= 0.3 is 0 Å². The van der Waals surface area contributed by atoms with Crippen LogP contribution in [-0.2, 0) is 9.59 Å². The number of ketones is 2. The summed E-state index contributed by atoms with van der Waals surface area (Å²) in [5, 5.41) is 19.1. The summed E-state index contributed by atoms with van der Waals surface area (Å²) in [6.07, 6.45) is 2.07. The molecule has 90 valence electrons. The van der Waals surface area contributed by atoms with Gasteiger partial charge in [0.1, 0.15) is 5.76 Å². The second-order valence-corrected chi connectivity index (χ2v) is 4.15. The van der Waals surface area contributed by atoms with Crippen LogP contribution in [0.2, 0.25) is 0 Å². The van der Waals surface area contributed by atoms with E-state index in [0.29, 0.717) is 12.8 Å². The van der Waals surface area contributed by atoms with Crippen molar-refractivity contribution in [1.82, 2.24) is 0 Å². The van der Waals surface area contributed by atoms with Gasteiger partial charge in [-0.05, 0) is 12.8 Å². The molecule has 0 aromatic heterocycles. The highest BCUT2D eigenvalue weighted by Crippen LogP contribution is 2.22. The molecule has 1 unspecified atom stereocenters. The van der Waals surface area contributed by atoms with Gasteiger partial charge in [-0.3, -0.25) is 9.59 Å². The highest BCUT2D eigenvalue weighted by atomic mass is 16.3. The zero-order chi connectivity index (χ0) is 12.1. The quantitative estimate of drug-likeness (QED) is 0.425. The third kappa shape index (κ3) is 3.17. The Bertz CT molecular complexity index is 299. The van der Waals surface area contributed by atoms with E-state index in [9.17, 15) is 19.8 Å². The van der Waals surface area contributed by atoms with Gasteiger partial charge in [-0.25, -0.2) is 0 Å². The van der Waals surface area contributed by atoms with Crippen LogP contribution >= 0.6 is 0 Å². The molecule has 0 aromatic carbocycles. The molecule has 0 aliphatic heterocycles. The van der Waals surface area contributed by atoms with E-state index in [4.69, 9.17) is 0 Å². The van der Waals surface area contributed by atoms with Crippen LogP contribution < -0.4 is 0 Å². The van der Waals surface area contributed by atoms with Crippen molar-refractivity contribution in [3.05, 3.63) is 11.3 Å². The van der Waals surface area contributed by atoms with Crippen molar-refractivity contribution < 1.29 is 19.8 Å². The molecule has 0 heterocycles. The Labute approximate surface area is 95.0 Å². The van der Waals surface area contributed by atoms with Crippen LogP contribution in [0.1, 0.15) is 45.4 Å². The summed E-state index contributed by atoms with van der Waals surface area (Å²) in [5.41, 5.74) is -0.0382. The van der Waals surface area contributed by atoms with Gasteiger partial charge in [0.05, 0.1) is 11.7 Å². The number of aliphatic hydroxyl groups is 2. The first-order valence-electron chi connectivity index (χ1n) is 5.72. The molecule has 0 saturated heterocycles. The molecule has 4 heteroatoms. The standard InChI is InChI=1S/C12H18O4/c1-2-3-8(13)4-5-9(14)12-10(15)6-7-11(12)16/h8,13-14H,2-7H2,1H3. The fraction of sp³-hybridized carbons (Fsp3) is 0.667. The van der Waals surface area contributed by atoms with Gasteiger partial charge in [0.2, 0.25) is 0 Å². The molecule has 2 N–H and O–H groups in total. The molecule has 0 amide bonds. The summed E-state index contributed by atoms with van der Waals surface area (Å²) in [5.74, 6) is -0.692. The molecule has 1 atom stereocenters. The number of carbonyl (C=O) groups is 2. The third-order valence-corrected chi connectivity index (χ3v) is 2.76. The minimum Gasteiger partial charge on any atom is -0.511 e. The van der Waals surface area contributed by atoms with Crippen molar-refractivity contribution in [2.24, 2.45) is 0 Å². The second kappa shape index (κ2) is 5.80. The number of rotatable bonds is 5. The fourth-order valence-electron chi connectivity index (χ4n) is 1.86. The lowest BCUT2D eigenvalue weighted by molar-refractivity contribution is -0.116. The highest BCUT2D eigenvalue weighted by Gasteiger charge is 2.29. The molecule has 0 bridgehead atoms. The van der Waals surface area contributed by atoms with E-state index in [1.807, 2.05) is 6.92 Å². The third-order valence-electron chi connectivity index (χ3n) is 2.76. The number of aliphatic hydroxyl groups excluding tert-OH is 2. The Morgan fingerprint density at radius 2 is 1.81 bits per heavy atom. The number of Topliss-reactive ketones (excluding diaryl/α,β-unsaturated/α-hetero) is 2.